The minimum atomic E-state index is -0.519. The highest BCUT2D eigenvalue weighted by molar-refractivity contribution is 7.32. The maximum absolute atomic E-state index is 13.6. The van der Waals surface area contributed by atoms with Gasteiger partial charge in [-0.25, -0.2) is 9.59 Å². The van der Waals surface area contributed by atoms with Gasteiger partial charge in [0.2, 0.25) is 0 Å². The number of rotatable bonds is 66. The predicted octanol–water partition coefficient (Wildman–Crippen LogP) is 40.7. The van der Waals surface area contributed by atoms with Crippen LogP contribution in [0.25, 0.3) is 112 Å². The van der Waals surface area contributed by atoms with Gasteiger partial charge in [-0.2, -0.15) is 10.5 Å². The summed E-state index contributed by atoms with van der Waals surface area (Å²) in [6.45, 7) is 23.8. The highest BCUT2D eigenvalue weighted by atomic mass is 32.1. The molecule has 2 atom stereocenters. The summed E-state index contributed by atoms with van der Waals surface area (Å²) in [4.78, 5) is 50.6. The maximum Gasteiger partial charge on any atom is 0.348 e. The van der Waals surface area contributed by atoms with Crippen molar-refractivity contribution in [1.82, 2.24) is 0 Å². The first kappa shape index (κ1) is 105. The number of hydrogen-bond donors (Lipinski definition) is 0. The van der Waals surface area contributed by atoms with Crippen molar-refractivity contribution in [2.75, 3.05) is 13.2 Å². The van der Waals surface area contributed by atoms with Crippen LogP contribution in [0.3, 0.4) is 0 Å². The van der Waals surface area contributed by atoms with Crippen LogP contribution in [0, 0.1) is 34.5 Å². The molecule has 0 fully saturated rings. The third kappa shape index (κ3) is 31.1. The van der Waals surface area contributed by atoms with Crippen LogP contribution in [0.4, 0.5) is 0 Å². The minimum absolute atomic E-state index is 0.0742. The van der Waals surface area contributed by atoms with Crippen LogP contribution >= 0.6 is 113 Å². The van der Waals surface area contributed by atoms with Gasteiger partial charge in [0.1, 0.15) is 23.3 Å². The van der Waals surface area contributed by atoms with Crippen molar-refractivity contribution in [1.29, 1.82) is 10.5 Å². The molecule has 702 valence electrons. The van der Waals surface area contributed by atoms with Crippen LogP contribution in [0.2, 0.25) is 0 Å². The number of nitrogens with zero attached hydrogens (tertiary/aromatic N) is 2. The first-order valence-corrected chi connectivity index (χ1v) is 59.5. The van der Waals surface area contributed by atoms with E-state index in [1.165, 1.54) is 350 Å². The molecule has 0 aliphatic carbocycles. The zero-order valence-electron chi connectivity index (χ0n) is 80.8. The Morgan fingerprint density at radius 2 is 0.585 bits per heavy atom. The van der Waals surface area contributed by atoms with Gasteiger partial charge in [0.05, 0.1) is 13.2 Å². The summed E-state index contributed by atoms with van der Waals surface area (Å²) < 4.78 is 14.3. The highest BCUT2D eigenvalue weighted by Crippen LogP contribution is 2.58. The van der Waals surface area contributed by atoms with E-state index in [1.54, 1.807) is 34.8 Å². The second-order valence-corrected chi connectivity index (χ2v) is 47.6. The normalized spacial score (nSPS) is 12.5. The molecule has 0 amide bonds. The average Bonchev–Trinajstić information content (AvgIpc) is 1.55. The third-order valence-electron chi connectivity index (χ3n) is 26.1. The summed E-state index contributed by atoms with van der Waals surface area (Å²) in [6.07, 6.45) is 62.5. The average molecular weight is 1940 g/mol. The summed E-state index contributed by atoms with van der Waals surface area (Å²) in [5.41, 5.74) is 8.47. The first-order valence-electron chi connectivity index (χ1n) is 51.3. The van der Waals surface area contributed by atoms with Crippen LogP contribution in [0.1, 0.15) is 394 Å². The molecular formula is C114H152N2O4S10. The van der Waals surface area contributed by atoms with E-state index in [0.29, 0.717) is 25.0 Å². The van der Waals surface area contributed by atoms with E-state index in [0.717, 1.165) is 112 Å². The van der Waals surface area contributed by atoms with Gasteiger partial charge in [-0.3, -0.25) is 0 Å². The van der Waals surface area contributed by atoms with Gasteiger partial charge in [0.15, 0.2) is 0 Å². The van der Waals surface area contributed by atoms with Crippen LogP contribution in [0.15, 0.2) is 96.1 Å². The van der Waals surface area contributed by atoms with E-state index >= 15 is 0 Å². The fourth-order valence-electron chi connectivity index (χ4n) is 18.3. The third-order valence-corrected chi connectivity index (χ3v) is 38.6. The quantitative estimate of drug-likeness (QED) is 0.0163. The van der Waals surface area contributed by atoms with Gasteiger partial charge >= 0.3 is 11.9 Å². The largest absolute Gasteiger partial charge is 0.462 e. The van der Waals surface area contributed by atoms with E-state index in [-0.39, 0.29) is 11.1 Å². The number of thiophene rings is 10. The molecule has 2 unspecified atom stereocenters. The number of aryl methyl sites for hydroxylation is 4. The molecule has 0 aliphatic heterocycles. The van der Waals surface area contributed by atoms with Crippen molar-refractivity contribution in [3.05, 3.63) is 138 Å². The van der Waals surface area contributed by atoms with Crippen molar-refractivity contribution in [2.45, 2.75) is 390 Å². The molecular weight excluding hydrogens is 1780 g/mol. The number of carbonyl (C=O) groups is 2. The summed E-state index contributed by atoms with van der Waals surface area (Å²) in [5.74, 6) is 0.279. The first-order chi connectivity index (χ1) is 63.8. The van der Waals surface area contributed by atoms with Crippen LogP contribution in [0.5, 0.6) is 0 Å². The van der Waals surface area contributed by atoms with Gasteiger partial charge in [-0.05, 0) is 208 Å². The molecule has 10 aromatic heterocycles. The van der Waals surface area contributed by atoms with E-state index in [2.05, 4.69) is 189 Å². The van der Waals surface area contributed by atoms with Crippen molar-refractivity contribution < 1.29 is 19.1 Å². The van der Waals surface area contributed by atoms with E-state index in [9.17, 15) is 20.1 Å². The monoisotopic (exact) mass is 1930 g/mol. The maximum atomic E-state index is 13.6. The van der Waals surface area contributed by atoms with E-state index < -0.39 is 11.9 Å². The molecule has 10 heterocycles. The summed E-state index contributed by atoms with van der Waals surface area (Å²) in [7, 11) is 0. The standard InChI is InChI=1S/C114H152N2O4S10/c1-11-21-29-35-41-47-55-83-71-91(73-87(79-115)113(117)119-67-51-45-39-33-25-15-5)123-107(83)97-63-65-99(125-97)109-85(57-49-43-37-31-23-13-3)75-101(127-109)103-77-93-105(95-61-59-89(121-95)69-81(19-9)53-27-17-7)112-94(106(111(93)129-103)96-62-60-90(122-96)70-82(20-10)54-28-18-8)78-104(130-112)102-76-86(58-50-44-38-32-24-14-4)110(128-102)100-66-64-98(126-100)108-84(56-48-42-36-30-22-12-2)72-92(124-108)74-88(80-116)114(118)120-68-52-46-40-34-26-16-6/h59-66,71-78,81-82H,11-58,67-70H2,1-10H3/b87-73+,88-74+. The number of hydrogen-bond acceptors (Lipinski definition) is 16. The number of carbonyl (C=O) groups excluding carboxylic acids is 2. The van der Waals surface area contributed by atoms with E-state index in [4.69, 9.17) is 9.47 Å². The molecule has 6 nitrogen and oxygen atoms in total. The lowest BCUT2D eigenvalue weighted by Crippen LogP contribution is -2.07. The fraction of sp³-hybridized carbons (Fsp3) is 0.561. The van der Waals surface area contributed by atoms with Gasteiger partial charge in [0, 0.05) is 119 Å². The molecule has 11 rings (SSSR count). The number of benzene rings is 1. The number of fused-ring (bicyclic) bond motifs is 2. The van der Waals surface area contributed by atoms with Crippen molar-refractivity contribution in [2.24, 2.45) is 11.8 Å². The lowest BCUT2D eigenvalue weighted by atomic mass is 9.95. The second kappa shape index (κ2) is 57.9. The minimum Gasteiger partial charge on any atom is -0.462 e. The molecule has 0 aliphatic rings. The van der Waals surface area contributed by atoms with Gasteiger partial charge in [-0.1, -0.05) is 313 Å². The highest BCUT2D eigenvalue weighted by Gasteiger charge is 2.29. The smallest absolute Gasteiger partial charge is 0.348 e. The molecule has 11 aromatic rings. The Balaban J connectivity index is 1.04. The Kier molecular flexibility index (Phi) is 46.6. The lowest BCUT2D eigenvalue weighted by molar-refractivity contribution is -0.139. The Labute approximate surface area is 824 Å². The van der Waals surface area contributed by atoms with Gasteiger partial charge < -0.3 is 9.47 Å². The van der Waals surface area contributed by atoms with Crippen LogP contribution in [-0.4, -0.2) is 25.2 Å². The van der Waals surface area contributed by atoms with Crippen molar-refractivity contribution >= 4 is 158 Å². The summed E-state index contributed by atoms with van der Waals surface area (Å²) in [6, 6.07) is 39.1. The molecule has 0 N–H and O–H groups in total. The molecule has 130 heavy (non-hydrogen) atoms. The number of ether oxygens (including phenoxy) is 2. The summed E-state index contributed by atoms with van der Waals surface area (Å²) in [5, 5.41) is 23.7. The Morgan fingerprint density at radius 1 is 0.300 bits per heavy atom. The predicted molar refractivity (Wildman–Crippen MR) is 582 cm³/mol. The lowest BCUT2D eigenvalue weighted by Gasteiger charge is -2.13. The molecule has 0 saturated carbocycles. The Bertz CT molecular complexity index is 4970. The zero-order valence-corrected chi connectivity index (χ0v) is 88.9. The summed E-state index contributed by atoms with van der Waals surface area (Å²) >= 11 is 19.5. The van der Waals surface area contributed by atoms with Gasteiger partial charge in [-0.15, -0.1) is 113 Å². The molecule has 0 bridgehead atoms. The Hall–Kier alpha value is -5.86. The van der Waals surface area contributed by atoms with E-state index in [1.807, 2.05) is 68.0 Å². The molecule has 0 spiro atoms. The fourth-order valence-corrected chi connectivity index (χ4v) is 30.7. The number of unbranched alkanes of at least 4 members (excludes halogenated alkanes) is 32. The zero-order chi connectivity index (χ0) is 91.6. The topological polar surface area (TPSA) is 100 Å². The van der Waals surface area contributed by atoms with Crippen molar-refractivity contribution in [3.8, 4) is 91.5 Å². The van der Waals surface area contributed by atoms with Crippen LogP contribution in [-0.2, 0) is 57.6 Å². The number of nitriles is 2. The number of esters is 2. The molecule has 0 radical (unpaired) electrons. The SMILES string of the molecule is CCCCCCCCOC(=O)/C(C#N)=C/c1cc(CCCCCCCC)c(-c2ccc(-c3sc(-c4cc5c(-c6ccc(CC(CC)CCCC)s6)c6sc(-c7cc(CCCCCCCC)c(-c8ccc(-c9sc(/C=C(\C#N)C(=O)OCCCCCCCC)cc9CCCCCCCC)s8)s7)cc6c(-c6ccc(CC(CC)CCCC)s6)c5s4)cc3CCCCCCCC)s2)s1. The second-order valence-electron chi connectivity index (χ2n) is 36.7. The Morgan fingerprint density at radius 3 is 0.900 bits per heavy atom. The molecule has 0 saturated heterocycles. The molecule has 1 aromatic carbocycles. The van der Waals surface area contributed by atoms with Crippen molar-refractivity contribution in [3.63, 3.8) is 0 Å². The molecule has 16 heteroatoms. The van der Waals surface area contributed by atoms with Gasteiger partial charge in [0.25, 0.3) is 0 Å². The van der Waals surface area contributed by atoms with Crippen LogP contribution < -0.4 is 0 Å².